The molecule has 2 bridgehead atoms. The summed E-state index contributed by atoms with van der Waals surface area (Å²) in [7, 11) is 0. The van der Waals surface area contributed by atoms with E-state index in [2.05, 4.69) is 29.3 Å². The van der Waals surface area contributed by atoms with E-state index in [1.807, 2.05) is 12.1 Å². The molecule has 0 aromatic heterocycles. The van der Waals surface area contributed by atoms with Crippen LogP contribution in [0, 0.1) is 0 Å². The number of fused-ring (bicyclic) bond motifs is 2. The molecule has 1 aromatic carbocycles. The molecule has 2 aliphatic rings. The van der Waals surface area contributed by atoms with Crippen LogP contribution in [0.3, 0.4) is 0 Å². The molecule has 104 valence electrons. The Morgan fingerprint density at radius 2 is 1.89 bits per heavy atom. The Kier molecular flexibility index (Phi) is 3.99. The predicted molar refractivity (Wildman–Crippen MR) is 82.1 cm³/mol. The van der Waals surface area contributed by atoms with Crippen LogP contribution in [-0.2, 0) is 0 Å². The average molecular weight is 279 g/mol. The molecular weight excluding hydrogens is 256 g/mol. The van der Waals surface area contributed by atoms with Gasteiger partial charge >= 0.3 is 0 Å². The van der Waals surface area contributed by atoms with Crippen LogP contribution in [-0.4, -0.2) is 24.7 Å². The first-order chi connectivity index (χ1) is 9.29. The molecular formula is C16H23ClN2. The fourth-order valence-electron chi connectivity index (χ4n) is 3.75. The average Bonchev–Trinajstić information content (AvgIpc) is 2.68. The number of para-hydroxylation sites is 1. The zero-order chi connectivity index (χ0) is 13.2. The molecule has 0 radical (unpaired) electrons. The minimum absolute atomic E-state index is 0.674. The van der Waals surface area contributed by atoms with Crippen LogP contribution in [0.15, 0.2) is 24.3 Å². The third kappa shape index (κ3) is 2.61. The van der Waals surface area contributed by atoms with Gasteiger partial charge in [-0.1, -0.05) is 30.7 Å². The van der Waals surface area contributed by atoms with Gasteiger partial charge in [0.25, 0.3) is 0 Å². The van der Waals surface area contributed by atoms with E-state index in [9.17, 15) is 0 Å². The normalized spacial score (nSPS) is 29.8. The standard InChI is InChI=1S/C16H23ClN2/c1-2-9-18-12-10-13-7-8-14(11-12)19(13)16-6-4-3-5-15(16)17/h3-6,12-14,18H,2,7-11H2,1H3. The van der Waals surface area contributed by atoms with E-state index in [4.69, 9.17) is 11.6 Å². The molecule has 0 spiro atoms. The number of anilines is 1. The molecule has 0 aliphatic carbocycles. The van der Waals surface area contributed by atoms with E-state index < -0.39 is 0 Å². The lowest BCUT2D eigenvalue weighted by Crippen LogP contribution is -2.49. The summed E-state index contributed by atoms with van der Waals surface area (Å²) in [4.78, 5) is 2.59. The molecule has 2 aliphatic heterocycles. The van der Waals surface area contributed by atoms with Gasteiger partial charge in [-0.2, -0.15) is 0 Å². The van der Waals surface area contributed by atoms with Gasteiger partial charge in [0.1, 0.15) is 0 Å². The number of nitrogens with zero attached hydrogens (tertiary/aromatic N) is 1. The van der Waals surface area contributed by atoms with Crippen molar-refractivity contribution in [3.05, 3.63) is 29.3 Å². The molecule has 2 unspecified atom stereocenters. The van der Waals surface area contributed by atoms with Crippen molar-refractivity contribution in [2.24, 2.45) is 0 Å². The highest BCUT2D eigenvalue weighted by Crippen LogP contribution is 2.41. The Bertz CT molecular complexity index is 421. The number of nitrogens with one attached hydrogen (secondary N) is 1. The van der Waals surface area contributed by atoms with Crippen molar-refractivity contribution >= 4 is 17.3 Å². The largest absolute Gasteiger partial charge is 0.364 e. The summed E-state index contributed by atoms with van der Waals surface area (Å²) >= 11 is 6.38. The van der Waals surface area contributed by atoms with Gasteiger partial charge in [0.2, 0.25) is 0 Å². The van der Waals surface area contributed by atoms with Crippen LogP contribution in [0.5, 0.6) is 0 Å². The van der Waals surface area contributed by atoms with Gasteiger partial charge in [0.05, 0.1) is 10.7 Å². The lowest BCUT2D eigenvalue weighted by atomic mass is 9.96. The summed E-state index contributed by atoms with van der Waals surface area (Å²) in [5.74, 6) is 0. The summed E-state index contributed by atoms with van der Waals surface area (Å²) in [6, 6.07) is 10.4. The molecule has 2 atom stereocenters. The van der Waals surface area contributed by atoms with E-state index in [1.54, 1.807) is 0 Å². The first kappa shape index (κ1) is 13.3. The van der Waals surface area contributed by atoms with Gasteiger partial charge in [-0.05, 0) is 50.8 Å². The Morgan fingerprint density at radius 3 is 2.53 bits per heavy atom. The zero-order valence-corrected chi connectivity index (χ0v) is 12.4. The number of benzene rings is 1. The summed E-state index contributed by atoms with van der Waals surface area (Å²) in [6.45, 7) is 3.39. The fourth-order valence-corrected chi connectivity index (χ4v) is 3.98. The van der Waals surface area contributed by atoms with Gasteiger partial charge in [-0.25, -0.2) is 0 Å². The minimum atomic E-state index is 0.674. The number of piperidine rings is 1. The maximum atomic E-state index is 6.38. The van der Waals surface area contributed by atoms with Crippen LogP contribution < -0.4 is 10.2 Å². The number of halogens is 1. The van der Waals surface area contributed by atoms with E-state index in [-0.39, 0.29) is 0 Å². The maximum Gasteiger partial charge on any atom is 0.0639 e. The van der Waals surface area contributed by atoms with E-state index in [1.165, 1.54) is 37.8 Å². The van der Waals surface area contributed by atoms with Crippen LogP contribution >= 0.6 is 11.6 Å². The molecule has 3 rings (SSSR count). The first-order valence-electron chi connectivity index (χ1n) is 7.56. The van der Waals surface area contributed by atoms with Crippen molar-refractivity contribution in [2.75, 3.05) is 11.4 Å². The summed E-state index contributed by atoms with van der Waals surface area (Å²) in [5, 5.41) is 4.60. The van der Waals surface area contributed by atoms with Crippen LogP contribution in [0.2, 0.25) is 5.02 Å². The van der Waals surface area contributed by atoms with E-state index >= 15 is 0 Å². The zero-order valence-electron chi connectivity index (χ0n) is 11.6. The summed E-state index contributed by atoms with van der Waals surface area (Å²) in [6.07, 6.45) is 6.39. The first-order valence-corrected chi connectivity index (χ1v) is 7.93. The van der Waals surface area contributed by atoms with Gasteiger partial charge in [-0.15, -0.1) is 0 Å². The SMILES string of the molecule is CCCNC1CC2CCC(C1)N2c1ccccc1Cl. The fraction of sp³-hybridized carbons (Fsp3) is 0.625. The molecule has 2 heterocycles. The van der Waals surface area contributed by atoms with Gasteiger partial charge < -0.3 is 10.2 Å². The molecule has 1 N–H and O–H groups in total. The third-order valence-electron chi connectivity index (χ3n) is 4.55. The Morgan fingerprint density at radius 1 is 1.21 bits per heavy atom. The van der Waals surface area contributed by atoms with Crippen molar-refractivity contribution in [3.63, 3.8) is 0 Å². The second-order valence-electron chi connectivity index (χ2n) is 5.87. The second kappa shape index (κ2) is 5.72. The lowest BCUT2D eigenvalue weighted by Gasteiger charge is -2.41. The van der Waals surface area contributed by atoms with Crippen molar-refractivity contribution in [1.82, 2.24) is 5.32 Å². The Labute approximate surface area is 121 Å². The molecule has 0 amide bonds. The van der Waals surface area contributed by atoms with Crippen LogP contribution in [0.1, 0.15) is 39.0 Å². The molecule has 19 heavy (non-hydrogen) atoms. The number of rotatable bonds is 4. The van der Waals surface area contributed by atoms with Gasteiger partial charge in [0.15, 0.2) is 0 Å². The molecule has 0 saturated carbocycles. The summed E-state index contributed by atoms with van der Waals surface area (Å²) in [5.41, 5.74) is 1.24. The van der Waals surface area contributed by atoms with Crippen molar-refractivity contribution in [2.45, 2.75) is 57.2 Å². The molecule has 1 aromatic rings. The van der Waals surface area contributed by atoms with Crippen molar-refractivity contribution < 1.29 is 0 Å². The quantitative estimate of drug-likeness (QED) is 0.900. The molecule has 2 saturated heterocycles. The lowest BCUT2D eigenvalue weighted by molar-refractivity contribution is 0.357. The third-order valence-corrected chi connectivity index (χ3v) is 4.87. The monoisotopic (exact) mass is 278 g/mol. The van der Waals surface area contributed by atoms with Crippen LogP contribution in [0.25, 0.3) is 0 Å². The second-order valence-corrected chi connectivity index (χ2v) is 6.27. The highest BCUT2D eigenvalue weighted by Gasteiger charge is 2.40. The topological polar surface area (TPSA) is 15.3 Å². The van der Waals surface area contributed by atoms with Gasteiger partial charge in [-0.3, -0.25) is 0 Å². The highest BCUT2D eigenvalue weighted by atomic mass is 35.5. The summed E-state index contributed by atoms with van der Waals surface area (Å²) < 4.78 is 0. The maximum absolute atomic E-state index is 6.38. The number of hydrogen-bond donors (Lipinski definition) is 1. The van der Waals surface area contributed by atoms with Crippen molar-refractivity contribution in [3.8, 4) is 0 Å². The van der Waals surface area contributed by atoms with Crippen molar-refractivity contribution in [1.29, 1.82) is 0 Å². The molecule has 2 fully saturated rings. The van der Waals surface area contributed by atoms with Gasteiger partial charge in [0, 0.05) is 18.1 Å². The Hall–Kier alpha value is -0.730. The van der Waals surface area contributed by atoms with E-state index in [0.717, 1.165) is 11.6 Å². The molecule has 2 nitrogen and oxygen atoms in total. The smallest absolute Gasteiger partial charge is 0.0639 e. The highest BCUT2D eigenvalue weighted by molar-refractivity contribution is 6.33. The minimum Gasteiger partial charge on any atom is -0.364 e. The number of hydrogen-bond acceptors (Lipinski definition) is 2. The Balaban J connectivity index is 1.75. The van der Waals surface area contributed by atoms with E-state index in [0.29, 0.717) is 18.1 Å². The van der Waals surface area contributed by atoms with Crippen LogP contribution in [0.4, 0.5) is 5.69 Å². The predicted octanol–water partition coefficient (Wildman–Crippen LogP) is 3.84. The molecule has 3 heteroatoms.